The molecule has 0 spiro atoms. The molecule has 1 aromatic rings. The molecule has 0 bridgehead atoms. The fourth-order valence-electron chi connectivity index (χ4n) is 1.79. The van der Waals surface area contributed by atoms with Crippen LogP contribution in [0, 0.1) is 0 Å². The second kappa shape index (κ2) is 6.23. The molecule has 5 heteroatoms. The van der Waals surface area contributed by atoms with E-state index < -0.39 is 0 Å². The normalized spacial score (nSPS) is 16.2. The summed E-state index contributed by atoms with van der Waals surface area (Å²) in [4.78, 5) is 13.7. The van der Waals surface area contributed by atoms with Crippen molar-refractivity contribution in [3.63, 3.8) is 0 Å². The van der Waals surface area contributed by atoms with E-state index in [-0.39, 0.29) is 5.91 Å². The van der Waals surface area contributed by atoms with Crippen LogP contribution < -0.4 is 5.32 Å². The molecule has 1 saturated heterocycles. The van der Waals surface area contributed by atoms with Crippen LogP contribution in [0.1, 0.15) is 5.56 Å². The predicted octanol–water partition coefficient (Wildman–Crippen LogP) is 2.44. The highest BCUT2D eigenvalue weighted by Gasteiger charge is 2.13. The average molecular weight is 285 g/mol. The Morgan fingerprint density at radius 2 is 2.00 bits per heavy atom. The second-order valence-electron chi connectivity index (χ2n) is 4.07. The van der Waals surface area contributed by atoms with Crippen LogP contribution in [0.5, 0.6) is 0 Å². The maximum Gasteiger partial charge on any atom is 0.246 e. The van der Waals surface area contributed by atoms with Crippen molar-refractivity contribution < 1.29 is 4.79 Å². The quantitative estimate of drug-likeness (QED) is 0.846. The molecular weight excluding hydrogens is 271 g/mol. The Hall–Kier alpha value is -1.03. The number of hydrogen-bond donors (Lipinski definition) is 1. The van der Waals surface area contributed by atoms with Crippen LogP contribution in [0.4, 0.5) is 0 Å². The number of carbonyl (C=O) groups is 1. The third kappa shape index (κ3) is 3.48. The van der Waals surface area contributed by atoms with Crippen LogP contribution >= 0.6 is 23.2 Å². The Balaban J connectivity index is 2.03. The molecule has 0 aliphatic carbocycles. The number of nitrogens with zero attached hydrogens (tertiary/aromatic N) is 1. The third-order valence-electron chi connectivity index (χ3n) is 2.80. The molecule has 1 aliphatic heterocycles. The standard InChI is InChI=1S/C13H14Cl2N2O/c14-11-3-1-10(12(15)9-11)2-4-13(18)17-7-5-16-6-8-17/h1-4,9,16H,5-8H2/b4-2+. The first-order valence-electron chi connectivity index (χ1n) is 5.79. The number of rotatable bonds is 2. The molecule has 1 N–H and O–H groups in total. The second-order valence-corrected chi connectivity index (χ2v) is 4.92. The van der Waals surface area contributed by atoms with Crippen LogP contribution in [0.2, 0.25) is 10.0 Å². The number of benzene rings is 1. The summed E-state index contributed by atoms with van der Waals surface area (Å²) in [5.41, 5.74) is 0.796. The molecule has 0 saturated carbocycles. The Bertz CT molecular complexity index is 468. The van der Waals surface area contributed by atoms with E-state index in [4.69, 9.17) is 23.2 Å². The SMILES string of the molecule is O=C(/C=C/c1ccc(Cl)cc1Cl)N1CCNCC1. The number of carbonyl (C=O) groups excluding carboxylic acids is 1. The zero-order valence-electron chi connectivity index (χ0n) is 9.83. The summed E-state index contributed by atoms with van der Waals surface area (Å²) in [6, 6.07) is 5.21. The van der Waals surface area contributed by atoms with Gasteiger partial charge in [0.2, 0.25) is 5.91 Å². The van der Waals surface area contributed by atoms with Gasteiger partial charge in [-0.1, -0.05) is 29.3 Å². The van der Waals surface area contributed by atoms with E-state index in [1.807, 2.05) is 4.90 Å². The minimum atomic E-state index is 0.0162. The van der Waals surface area contributed by atoms with Gasteiger partial charge in [-0.15, -0.1) is 0 Å². The van der Waals surface area contributed by atoms with Crippen LogP contribution in [-0.2, 0) is 4.79 Å². The van der Waals surface area contributed by atoms with E-state index >= 15 is 0 Å². The largest absolute Gasteiger partial charge is 0.337 e. The number of hydrogen-bond acceptors (Lipinski definition) is 2. The topological polar surface area (TPSA) is 32.3 Å². The summed E-state index contributed by atoms with van der Waals surface area (Å²) in [6.45, 7) is 3.19. The molecule has 0 unspecified atom stereocenters. The van der Waals surface area contributed by atoms with Crippen molar-refractivity contribution in [3.8, 4) is 0 Å². The molecule has 0 radical (unpaired) electrons. The lowest BCUT2D eigenvalue weighted by Gasteiger charge is -2.26. The van der Waals surface area contributed by atoms with Gasteiger partial charge >= 0.3 is 0 Å². The Morgan fingerprint density at radius 3 is 2.67 bits per heavy atom. The molecule has 1 aliphatic rings. The minimum absolute atomic E-state index is 0.0162. The Labute approximate surface area is 116 Å². The van der Waals surface area contributed by atoms with Crippen molar-refractivity contribution >= 4 is 35.2 Å². The fourth-order valence-corrected chi connectivity index (χ4v) is 2.26. The molecular formula is C13H14Cl2N2O. The number of halogens is 2. The van der Waals surface area contributed by atoms with Gasteiger partial charge in [-0.25, -0.2) is 0 Å². The highest BCUT2D eigenvalue weighted by molar-refractivity contribution is 6.35. The minimum Gasteiger partial charge on any atom is -0.337 e. The molecule has 2 rings (SSSR count). The summed E-state index contributed by atoms with van der Waals surface area (Å²) in [6.07, 6.45) is 3.28. The first-order valence-corrected chi connectivity index (χ1v) is 6.55. The van der Waals surface area contributed by atoms with E-state index in [1.54, 1.807) is 30.4 Å². The fraction of sp³-hybridized carbons (Fsp3) is 0.308. The smallest absolute Gasteiger partial charge is 0.246 e. The summed E-state index contributed by atoms with van der Waals surface area (Å²) < 4.78 is 0. The number of piperazine rings is 1. The third-order valence-corrected chi connectivity index (χ3v) is 3.36. The van der Waals surface area contributed by atoms with Gasteiger partial charge in [-0.2, -0.15) is 0 Å². The monoisotopic (exact) mass is 284 g/mol. The highest BCUT2D eigenvalue weighted by Crippen LogP contribution is 2.22. The van der Waals surface area contributed by atoms with Crippen molar-refractivity contribution in [1.29, 1.82) is 0 Å². The Morgan fingerprint density at radius 1 is 1.28 bits per heavy atom. The van der Waals surface area contributed by atoms with Gasteiger partial charge in [0.05, 0.1) is 0 Å². The molecule has 18 heavy (non-hydrogen) atoms. The zero-order valence-corrected chi connectivity index (χ0v) is 11.3. The van der Waals surface area contributed by atoms with Crippen LogP contribution in [0.25, 0.3) is 6.08 Å². The van der Waals surface area contributed by atoms with E-state index in [0.29, 0.717) is 10.0 Å². The maximum atomic E-state index is 11.9. The van der Waals surface area contributed by atoms with Gasteiger partial charge < -0.3 is 10.2 Å². The highest BCUT2D eigenvalue weighted by atomic mass is 35.5. The van der Waals surface area contributed by atoms with E-state index in [9.17, 15) is 4.79 Å². The predicted molar refractivity (Wildman–Crippen MR) is 74.9 cm³/mol. The molecule has 1 heterocycles. The molecule has 0 aromatic heterocycles. The van der Waals surface area contributed by atoms with Crippen molar-refractivity contribution in [2.24, 2.45) is 0 Å². The van der Waals surface area contributed by atoms with Gasteiger partial charge in [0.1, 0.15) is 0 Å². The van der Waals surface area contributed by atoms with Crippen LogP contribution in [0.3, 0.4) is 0 Å². The molecule has 1 fully saturated rings. The summed E-state index contributed by atoms with van der Waals surface area (Å²) in [5.74, 6) is 0.0162. The van der Waals surface area contributed by atoms with Crippen molar-refractivity contribution in [2.75, 3.05) is 26.2 Å². The van der Waals surface area contributed by atoms with E-state index in [1.165, 1.54) is 0 Å². The van der Waals surface area contributed by atoms with Crippen molar-refractivity contribution in [3.05, 3.63) is 39.9 Å². The lowest BCUT2D eigenvalue weighted by molar-refractivity contribution is -0.126. The van der Waals surface area contributed by atoms with E-state index in [2.05, 4.69) is 5.32 Å². The maximum absolute atomic E-state index is 11.9. The van der Waals surface area contributed by atoms with Crippen LogP contribution in [0.15, 0.2) is 24.3 Å². The molecule has 3 nitrogen and oxygen atoms in total. The Kier molecular flexibility index (Phi) is 4.64. The summed E-state index contributed by atoms with van der Waals surface area (Å²) in [7, 11) is 0. The molecule has 96 valence electrons. The van der Waals surface area contributed by atoms with Gasteiger partial charge in [-0.3, -0.25) is 4.79 Å². The summed E-state index contributed by atoms with van der Waals surface area (Å²) >= 11 is 11.8. The first-order chi connectivity index (χ1) is 8.66. The first kappa shape index (κ1) is 13.4. The summed E-state index contributed by atoms with van der Waals surface area (Å²) in [5, 5.41) is 4.34. The lowest BCUT2D eigenvalue weighted by Crippen LogP contribution is -2.45. The molecule has 1 amide bonds. The lowest BCUT2D eigenvalue weighted by atomic mass is 10.2. The van der Waals surface area contributed by atoms with Crippen LogP contribution in [-0.4, -0.2) is 37.0 Å². The molecule has 1 aromatic carbocycles. The van der Waals surface area contributed by atoms with Gasteiger partial charge in [0.15, 0.2) is 0 Å². The van der Waals surface area contributed by atoms with Gasteiger partial charge in [-0.05, 0) is 23.8 Å². The average Bonchev–Trinajstić information content (AvgIpc) is 2.38. The van der Waals surface area contributed by atoms with Crippen molar-refractivity contribution in [1.82, 2.24) is 10.2 Å². The zero-order chi connectivity index (χ0) is 13.0. The van der Waals surface area contributed by atoms with Crippen molar-refractivity contribution in [2.45, 2.75) is 0 Å². The molecule has 0 atom stereocenters. The number of amides is 1. The number of nitrogens with one attached hydrogen (secondary N) is 1. The van der Waals surface area contributed by atoms with Gasteiger partial charge in [0, 0.05) is 42.3 Å². The van der Waals surface area contributed by atoms with E-state index in [0.717, 1.165) is 31.7 Å². The van der Waals surface area contributed by atoms with Gasteiger partial charge in [0.25, 0.3) is 0 Å².